The van der Waals surface area contributed by atoms with E-state index >= 15 is 0 Å². The Balaban J connectivity index is 0.00000320. The van der Waals surface area contributed by atoms with Gasteiger partial charge < -0.3 is 20.0 Å². The van der Waals surface area contributed by atoms with Gasteiger partial charge in [-0.1, -0.05) is 26.2 Å². The van der Waals surface area contributed by atoms with Crippen molar-refractivity contribution in [3.63, 3.8) is 0 Å². The number of amides is 1. The minimum absolute atomic E-state index is 0. The largest absolute Gasteiger partial charge is 0.356 e. The molecule has 0 aromatic carbocycles. The number of nitrogens with zero attached hydrogens (tertiary/aromatic N) is 6. The average molecular weight is 550 g/mol. The van der Waals surface area contributed by atoms with Crippen molar-refractivity contribution in [3.8, 4) is 0 Å². The van der Waals surface area contributed by atoms with Gasteiger partial charge in [0.2, 0.25) is 11.0 Å². The zero-order valence-electron chi connectivity index (χ0n) is 18.5. The normalized spacial score (nSPS) is 18.2. The maximum atomic E-state index is 12.1. The van der Waals surface area contributed by atoms with E-state index in [0.717, 1.165) is 56.1 Å². The van der Waals surface area contributed by atoms with E-state index in [1.807, 2.05) is 0 Å². The number of anilines is 1. The summed E-state index contributed by atoms with van der Waals surface area (Å²) in [5.41, 5.74) is 0. The standard InChI is InChI=1S/C20H35N7OS.HI/c1-4-17-23-20(29-24-17)27-12-10-26(11-13-27)19(22-15-18(28)25(2)3)21-14-16-8-6-5-7-9-16;/h16H,4-15H2,1-3H3,(H,21,22);1H. The van der Waals surface area contributed by atoms with Crippen LogP contribution in [0.5, 0.6) is 0 Å². The summed E-state index contributed by atoms with van der Waals surface area (Å²) in [6, 6.07) is 0. The first-order valence-corrected chi connectivity index (χ1v) is 11.6. The molecule has 1 aliphatic heterocycles. The predicted octanol–water partition coefficient (Wildman–Crippen LogP) is 2.45. The Labute approximate surface area is 201 Å². The molecule has 8 nitrogen and oxygen atoms in total. The first-order valence-electron chi connectivity index (χ1n) is 10.9. The highest BCUT2D eigenvalue weighted by atomic mass is 127. The van der Waals surface area contributed by atoms with Crippen molar-refractivity contribution in [2.45, 2.75) is 45.4 Å². The van der Waals surface area contributed by atoms with Gasteiger partial charge >= 0.3 is 0 Å². The monoisotopic (exact) mass is 549 g/mol. The fourth-order valence-corrected chi connectivity index (χ4v) is 4.61. The van der Waals surface area contributed by atoms with Gasteiger partial charge in [0.25, 0.3) is 0 Å². The van der Waals surface area contributed by atoms with Crippen LogP contribution in [0.25, 0.3) is 0 Å². The van der Waals surface area contributed by atoms with Gasteiger partial charge in [0.15, 0.2) is 5.96 Å². The minimum atomic E-state index is 0. The van der Waals surface area contributed by atoms with Crippen molar-refractivity contribution in [1.82, 2.24) is 24.5 Å². The molecule has 1 N–H and O–H groups in total. The molecule has 30 heavy (non-hydrogen) atoms. The molecule has 2 fully saturated rings. The lowest BCUT2D eigenvalue weighted by Crippen LogP contribution is -2.53. The maximum absolute atomic E-state index is 12.1. The average Bonchev–Trinajstić information content (AvgIpc) is 3.24. The number of carbonyl (C=O) groups excluding carboxylic acids is 1. The van der Waals surface area contributed by atoms with Gasteiger partial charge in [-0.15, -0.1) is 24.0 Å². The SMILES string of the molecule is CCc1nsc(N2CCN(C(=NCC(=O)N(C)C)NCC3CCCCC3)CC2)n1.I. The van der Waals surface area contributed by atoms with Crippen LogP contribution in [0.2, 0.25) is 0 Å². The van der Waals surface area contributed by atoms with E-state index in [9.17, 15) is 4.79 Å². The topological polar surface area (TPSA) is 77.0 Å². The van der Waals surface area contributed by atoms with Crippen molar-refractivity contribution >= 4 is 52.5 Å². The Hall–Kier alpha value is -1.17. The Morgan fingerprint density at radius 3 is 2.50 bits per heavy atom. The second kappa shape index (κ2) is 12.6. The number of halogens is 1. The molecule has 1 aliphatic carbocycles. The number of piperazine rings is 1. The van der Waals surface area contributed by atoms with Crippen molar-refractivity contribution in [2.75, 3.05) is 58.3 Å². The molecule has 1 aromatic heterocycles. The van der Waals surface area contributed by atoms with Crippen molar-refractivity contribution in [2.24, 2.45) is 10.9 Å². The van der Waals surface area contributed by atoms with E-state index in [4.69, 9.17) is 0 Å². The molecular formula is C20H36IN7OS. The highest BCUT2D eigenvalue weighted by Gasteiger charge is 2.23. The highest BCUT2D eigenvalue weighted by Crippen LogP contribution is 2.23. The van der Waals surface area contributed by atoms with E-state index in [-0.39, 0.29) is 36.4 Å². The molecule has 0 spiro atoms. The van der Waals surface area contributed by atoms with E-state index < -0.39 is 0 Å². The van der Waals surface area contributed by atoms with Crippen molar-refractivity contribution < 1.29 is 4.79 Å². The van der Waals surface area contributed by atoms with Crippen LogP contribution in [0.15, 0.2) is 4.99 Å². The number of nitrogens with one attached hydrogen (secondary N) is 1. The number of carbonyl (C=O) groups is 1. The number of aromatic nitrogens is 2. The van der Waals surface area contributed by atoms with Crippen LogP contribution < -0.4 is 10.2 Å². The summed E-state index contributed by atoms with van der Waals surface area (Å²) in [5.74, 6) is 2.54. The molecule has 2 aliphatic rings. The zero-order chi connectivity index (χ0) is 20.6. The molecular weight excluding hydrogens is 513 g/mol. The molecule has 10 heteroatoms. The summed E-state index contributed by atoms with van der Waals surface area (Å²) >= 11 is 1.49. The fraction of sp³-hybridized carbons (Fsp3) is 0.800. The molecule has 1 saturated carbocycles. The first kappa shape index (κ1) is 25.1. The number of guanidine groups is 1. The third-order valence-electron chi connectivity index (χ3n) is 5.76. The van der Waals surface area contributed by atoms with Crippen LogP contribution in [0.3, 0.4) is 0 Å². The number of rotatable bonds is 6. The third-order valence-corrected chi connectivity index (χ3v) is 6.57. The molecule has 1 saturated heterocycles. The second-order valence-corrected chi connectivity index (χ2v) is 8.86. The van der Waals surface area contributed by atoms with Gasteiger partial charge in [0.05, 0.1) is 0 Å². The maximum Gasteiger partial charge on any atom is 0.243 e. The van der Waals surface area contributed by atoms with Crippen LogP contribution in [-0.4, -0.2) is 84.4 Å². The van der Waals surface area contributed by atoms with Crippen molar-refractivity contribution in [3.05, 3.63) is 5.82 Å². The van der Waals surface area contributed by atoms with Crippen LogP contribution in [0.1, 0.15) is 44.9 Å². The lowest BCUT2D eigenvalue weighted by molar-refractivity contribution is -0.127. The lowest BCUT2D eigenvalue weighted by atomic mass is 9.89. The minimum Gasteiger partial charge on any atom is -0.356 e. The van der Waals surface area contributed by atoms with E-state index in [1.165, 1.54) is 43.6 Å². The number of aryl methyl sites for hydroxylation is 1. The first-order chi connectivity index (χ1) is 14.1. The van der Waals surface area contributed by atoms with Crippen LogP contribution in [0, 0.1) is 5.92 Å². The number of likely N-dealkylation sites (N-methyl/N-ethyl adjacent to an activating group) is 1. The Kier molecular flexibility index (Phi) is 10.6. The molecule has 3 rings (SSSR count). The quantitative estimate of drug-likeness (QED) is 0.334. The lowest BCUT2D eigenvalue weighted by Gasteiger charge is -2.37. The summed E-state index contributed by atoms with van der Waals surface area (Å²) in [6.07, 6.45) is 7.49. The van der Waals surface area contributed by atoms with Crippen LogP contribution >= 0.6 is 35.5 Å². The summed E-state index contributed by atoms with van der Waals surface area (Å²) in [7, 11) is 3.55. The van der Waals surface area contributed by atoms with Crippen LogP contribution in [-0.2, 0) is 11.2 Å². The van der Waals surface area contributed by atoms with Gasteiger partial charge in [0, 0.05) is 64.8 Å². The molecule has 1 aromatic rings. The third kappa shape index (κ3) is 7.21. The summed E-state index contributed by atoms with van der Waals surface area (Å²) in [4.78, 5) is 27.5. The molecule has 0 bridgehead atoms. The van der Waals surface area contributed by atoms with Gasteiger partial charge in [0.1, 0.15) is 12.4 Å². The van der Waals surface area contributed by atoms with Gasteiger partial charge in [-0.05, 0) is 18.8 Å². The Morgan fingerprint density at radius 2 is 1.90 bits per heavy atom. The van der Waals surface area contributed by atoms with Gasteiger partial charge in [-0.2, -0.15) is 4.37 Å². The zero-order valence-corrected chi connectivity index (χ0v) is 21.6. The summed E-state index contributed by atoms with van der Waals surface area (Å²) in [6.45, 7) is 6.75. The summed E-state index contributed by atoms with van der Waals surface area (Å²) in [5, 5.41) is 4.59. The van der Waals surface area contributed by atoms with E-state index in [2.05, 4.69) is 36.4 Å². The number of aliphatic imine (C=N–C) groups is 1. The Morgan fingerprint density at radius 1 is 1.20 bits per heavy atom. The van der Waals surface area contributed by atoms with E-state index in [1.54, 1.807) is 19.0 Å². The van der Waals surface area contributed by atoms with Crippen LogP contribution in [0.4, 0.5) is 5.13 Å². The Bertz CT molecular complexity index is 682. The predicted molar refractivity (Wildman–Crippen MR) is 134 cm³/mol. The highest BCUT2D eigenvalue weighted by molar-refractivity contribution is 14.0. The molecule has 0 unspecified atom stereocenters. The van der Waals surface area contributed by atoms with Crippen molar-refractivity contribution in [1.29, 1.82) is 0 Å². The molecule has 0 atom stereocenters. The smallest absolute Gasteiger partial charge is 0.243 e. The molecule has 170 valence electrons. The van der Waals surface area contributed by atoms with Gasteiger partial charge in [-0.3, -0.25) is 4.79 Å². The number of hydrogen-bond donors (Lipinski definition) is 1. The fourth-order valence-electron chi connectivity index (χ4n) is 3.80. The second-order valence-electron chi connectivity index (χ2n) is 8.13. The number of hydrogen-bond acceptors (Lipinski definition) is 6. The molecule has 2 heterocycles. The molecule has 1 amide bonds. The van der Waals surface area contributed by atoms with E-state index in [0.29, 0.717) is 5.92 Å². The molecule has 0 radical (unpaired) electrons. The van der Waals surface area contributed by atoms with Gasteiger partial charge in [-0.25, -0.2) is 9.98 Å². The summed E-state index contributed by atoms with van der Waals surface area (Å²) < 4.78 is 4.41.